The lowest BCUT2D eigenvalue weighted by atomic mass is 10.1. The van der Waals surface area contributed by atoms with Crippen LogP contribution in [-0.2, 0) is 9.84 Å². The fraction of sp³-hybridized carbons (Fsp3) is 0.429. The summed E-state index contributed by atoms with van der Waals surface area (Å²) in [7, 11) is -3.60. The highest BCUT2D eigenvalue weighted by atomic mass is 32.2. The van der Waals surface area contributed by atoms with Gasteiger partial charge in [-0.3, -0.25) is 0 Å². The molecule has 0 fully saturated rings. The van der Waals surface area contributed by atoms with Gasteiger partial charge in [-0.1, -0.05) is 0 Å². The first-order chi connectivity index (χ1) is 5.82. The summed E-state index contributed by atoms with van der Waals surface area (Å²) < 4.78 is 47.7. The number of halogens is 2. The van der Waals surface area contributed by atoms with Crippen molar-refractivity contribution in [1.29, 1.82) is 0 Å². The molecule has 1 aliphatic rings. The van der Waals surface area contributed by atoms with Crippen molar-refractivity contribution in [3.63, 3.8) is 0 Å². The van der Waals surface area contributed by atoms with E-state index in [1.165, 1.54) is 0 Å². The van der Waals surface area contributed by atoms with E-state index in [-0.39, 0.29) is 5.70 Å². The van der Waals surface area contributed by atoms with Crippen molar-refractivity contribution in [3.8, 4) is 0 Å². The highest BCUT2D eigenvalue weighted by Gasteiger charge is 2.30. The molecule has 74 valence electrons. The molecule has 0 heterocycles. The van der Waals surface area contributed by atoms with E-state index in [4.69, 9.17) is 5.73 Å². The second kappa shape index (κ2) is 3.10. The third-order valence-electron chi connectivity index (χ3n) is 1.80. The first-order valence-electron chi connectivity index (χ1n) is 3.52. The lowest BCUT2D eigenvalue weighted by molar-refractivity contribution is 0.502. The van der Waals surface area contributed by atoms with Gasteiger partial charge in [-0.15, -0.1) is 0 Å². The highest BCUT2D eigenvalue weighted by Crippen LogP contribution is 2.28. The molecule has 0 amide bonds. The van der Waals surface area contributed by atoms with Gasteiger partial charge in [0.1, 0.15) is 16.9 Å². The van der Waals surface area contributed by atoms with Gasteiger partial charge in [0.15, 0.2) is 9.84 Å². The van der Waals surface area contributed by atoms with Gasteiger partial charge in [0, 0.05) is 12.7 Å². The van der Waals surface area contributed by atoms with Crippen LogP contribution in [0, 0.1) is 0 Å². The molecule has 1 rings (SSSR count). The molecule has 2 N–H and O–H groups in total. The topological polar surface area (TPSA) is 60.2 Å². The Labute approximate surface area is 74.8 Å². The first kappa shape index (κ1) is 10.2. The molecule has 0 aliphatic heterocycles. The maximum Gasteiger partial charge on any atom is 0.157 e. The smallest absolute Gasteiger partial charge is 0.157 e. The molecule has 13 heavy (non-hydrogen) atoms. The quantitative estimate of drug-likeness (QED) is 0.694. The Morgan fingerprint density at radius 3 is 2.54 bits per heavy atom. The Balaban J connectivity index is 3.08. The summed E-state index contributed by atoms with van der Waals surface area (Å²) in [6.07, 6.45) is 1.07. The van der Waals surface area contributed by atoms with Gasteiger partial charge in [0.2, 0.25) is 0 Å². The van der Waals surface area contributed by atoms with Crippen LogP contribution in [0.1, 0.15) is 6.42 Å². The molecule has 0 saturated heterocycles. The maximum absolute atomic E-state index is 13.0. The minimum atomic E-state index is -3.60. The van der Waals surface area contributed by atoms with Gasteiger partial charge in [-0.05, 0) is 6.08 Å². The maximum atomic E-state index is 13.0. The van der Waals surface area contributed by atoms with E-state index in [0.717, 1.165) is 6.26 Å². The number of hydrogen-bond acceptors (Lipinski definition) is 3. The fourth-order valence-corrected chi connectivity index (χ4v) is 1.98. The van der Waals surface area contributed by atoms with Crippen molar-refractivity contribution in [1.82, 2.24) is 0 Å². The zero-order valence-corrected chi connectivity index (χ0v) is 7.74. The summed E-state index contributed by atoms with van der Waals surface area (Å²) in [5, 5.41) is -1.42. The second-order valence-electron chi connectivity index (χ2n) is 2.91. The van der Waals surface area contributed by atoms with Crippen LogP contribution in [-0.4, -0.2) is 19.9 Å². The largest absolute Gasteiger partial charge is 0.397 e. The zero-order valence-electron chi connectivity index (χ0n) is 6.92. The Morgan fingerprint density at radius 1 is 1.54 bits per heavy atom. The minimum Gasteiger partial charge on any atom is -0.397 e. The molecule has 0 radical (unpaired) electrons. The molecular formula is C7H9F2NO2S. The van der Waals surface area contributed by atoms with Crippen molar-refractivity contribution in [2.24, 2.45) is 5.73 Å². The van der Waals surface area contributed by atoms with E-state index in [1.54, 1.807) is 0 Å². The van der Waals surface area contributed by atoms with Crippen LogP contribution in [0.3, 0.4) is 0 Å². The fourth-order valence-electron chi connectivity index (χ4n) is 1.05. The van der Waals surface area contributed by atoms with Gasteiger partial charge in [-0.25, -0.2) is 17.2 Å². The summed E-state index contributed by atoms with van der Waals surface area (Å²) in [4.78, 5) is 0. The molecular weight excluding hydrogens is 200 g/mol. The van der Waals surface area contributed by atoms with Gasteiger partial charge in [0.05, 0.1) is 5.70 Å². The molecule has 1 unspecified atom stereocenters. The second-order valence-corrected chi connectivity index (χ2v) is 5.14. The number of allylic oxidation sites excluding steroid dienone is 2. The van der Waals surface area contributed by atoms with Crippen LogP contribution < -0.4 is 5.73 Å². The number of hydrogen-bond donors (Lipinski definition) is 1. The third-order valence-corrected chi connectivity index (χ3v) is 3.22. The molecule has 0 bridgehead atoms. The van der Waals surface area contributed by atoms with Crippen molar-refractivity contribution in [3.05, 3.63) is 23.4 Å². The predicted molar refractivity (Wildman–Crippen MR) is 44.8 cm³/mol. The van der Waals surface area contributed by atoms with Gasteiger partial charge in [-0.2, -0.15) is 0 Å². The van der Waals surface area contributed by atoms with E-state index in [2.05, 4.69) is 0 Å². The van der Waals surface area contributed by atoms with Crippen LogP contribution in [0.4, 0.5) is 8.78 Å². The Morgan fingerprint density at radius 2 is 2.08 bits per heavy atom. The Kier molecular flexibility index (Phi) is 2.42. The van der Waals surface area contributed by atoms with E-state index in [1.807, 2.05) is 0 Å². The Hall–Kier alpha value is -0.910. The van der Waals surface area contributed by atoms with Gasteiger partial charge < -0.3 is 5.73 Å². The standard InChI is InChI=1S/C7H9F2NO2S/c1-13(11,12)7-3-4(8)6(10)2-5(7)9/h2,7H,3,10H2,1H3. The molecule has 0 aromatic rings. The van der Waals surface area contributed by atoms with Crippen LogP contribution >= 0.6 is 0 Å². The molecule has 1 atom stereocenters. The number of sulfone groups is 1. The van der Waals surface area contributed by atoms with Crippen LogP contribution in [0.2, 0.25) is 0 Å². The minimum absolute atomic E-state index is 0.336. The summed E-state index contributed by atoms with van der Waals surface area (Å²) in [5.41, 5.74) is 4.73. The number of nitrogens with two attached hydrogens (primary N) is 1. The van der Waals surface area contributed by atoms with E-state index in [0.29, 0.717) is 6.08 Å². The molecule has 0 aromatic heterocycles. The van der Waals surface area contributed by atoms with Crippen LogP contribution in [0.5, 0.6) is 0 Å². The molecule has 3 nitrogen and oxygen atoms in total. The summed E-state index contributed by atoms with van der Waals surface area (Å²) in [6, 6.07) is 0. The van der Waals surface area contributed by atoms with Crippen molar-refractivity contribution in [2.45, 2.75) is 11.7 Å². The molecule has 1 aliphatic carbocycles. The van der Waals surface area contributed by atoms with Crippen molar-refractivity contribution < 1.29 is 17.2 Å². The first-order valence-corrected chi connectivity index (χ1v) is 5.48. The molecule has 0 spiro atoms. The average molecular weight is 209 g/mol. The monoisotopic (exact) mass is 209 g/mol. The summed E-state index contributed by atoms with van der Waals surface area (Å²) >= 11 is 0. The Bertz CT molecular complexity index is 383. The summed E-state index contributed by atoms with van der Waals surface area (Å²) in [6.45, 7) is 0. The van der Waals surface area contributed by atoms with Crippen molar-refractivity contribution >= 4 is 9.84 Å². The van der Waals surface area contributed by atoms with E-state index < -0.39 is 33.2 Å². The predicted octanol–water partition coefficient (Wildman–Crippen LogP) is 0.797. The average Bonchev–Trinajstić information content (AvgIpc) is 1.94. The van der Waals surface area contributed by atoms with Crippen LogP contribution in [0.15, 0.2) is 23.4 Å². The lowest BCUT2D eigenvalue weighted by Crippen LogP contribution is -2.24. The highest BCUT2D eigenvalue weighted by molar-refractivity contribution is 7.91. The summed E-state index contributed by atoms with van der Waals surface area (Å²) in [5.74, 6) is -1.68. The molecule has 0 saturated carbocycles. The van der Waals surface area contributed by atoms with Gasteiger partial charge in [0.25, 0.3) is 0 Å². The lowest BCUT2D eigenvalue weighted by Gasteiger charge is -2.16. The molecule has 6 heteroatoms. The zero-order chi connectivity index (χ0) is 10.2. The van der Waals surface area contributed by atoms with Crippen LogP contribution in [0.25, 0.3) is 0 Å². The van der Waals surface area contributed by atoms with E-state index in [9.17, 15) is 17.2 Å². The SMILES string of the molecule is CS(=O)(=O)C1CC(F)=C(N)C=C1F. The molecule has 0 aromatic carbocycles. The van der Waals surface area contributed by atoms with Gasteiger partial charge >= 0.3 is 0 Å². The number of rotatable bonds is 1. The normalized spacial score (nSPS) is 24.5. The third kappa shape index (κ3) is 2.06. The van der Waals surface area contributed by atoms with Crippen molar-refractivity contribution in [2.75, 3.05) is 6.26 Å². The van der Waals surface area contributed by atoms with E-state index >= 15 is 0 Å².